The molecule has 0 heterocycles. The molecule has 0 bridgehead atoms. The number of aliphatic hydroxyl groups excluding tert-OH is 2. The van der Waals surface area contributed by atoms with E-state index < -0.39 is 22.0 Å². The van der Waals surface area contributed by atoms with Crippen molar-refractivity contribution in [1.82, 2.24) is 0 Å². The molecule has 0 aromatic heterocycles. The van der Waals surface area contributed by atoms with Crippen molar-refractivity contribution < 1.29 is 18.6 Å². The molecule has 0 radical (unpaired) electrons. The van der Waals surface area contributed by atoms with Crippen LogP contribution in [0.25, 0.3) is 0 Å². The summed E-state index contributed by atoms with van der Waals surface area (Å²) < 4.78 is 22.4. The van der Waals surface area contributed by atoms with Crippen molar-refractivity contribution >= 4 is 9.84 Å². The Morgan fingerprint density at radius 3 is 2.19 bits per heavy atom. The van der Waals surface area contributed by atoms with Gasteiger partial charge >= 0.3 is 0 Å². The van der Waals surface area contributed by atoms with E-state index in [2.05, 4.69) is 0 Å². The fourth-order valence-electron chi connectivity index (χ4n) is 1.26. The van der Waals surface area contributed by atoms with Gasteiger partial charge in [-0.25, -0.2) is 8.42 Å². The molecule has 2 atom stereocenters. The zero-order valence-corrected chi connectivity index (χ0v) is 9.68. The highest BCUT2D eigenvalue weighted by molar-refractivity contribution is 7.90. The fourth-order valence-corrected chi connectivity index (χ4v) is 1.89. The van der Waals surface area contributed by atoms with Crippen LogP contribution in [-0.2, 0) is 9.84 Å². The first-order valence-electron chi connectivity index (χ1n) is 4.71. The molecule has 0 aliphatic rings. The Morgan fingerprint density at radius 1 is 1.31 bits per heavy atom. The smallest absolute Gasteiger partial charge is 0.175 e. The molecule has 0 aliphatic heterocycles. The van der Waals surface area contributed by atoms with Crippen LogP contribution in [0.3, 0.4) is 0 Å². The van der Waals surface area contributed by atoms with Crippen LogP contribution in [0.1, 0.15) is 11.7 Å². The Kier molecular flexibility index (Phi) is 4.03. The summed E-state index contributed by atoms with van der Waals surface area (Å²) in [5, 5.41) is 18.4. The Bertz CT molecular complexity index is 440. The predicted octanol–water partition coefficient (Wildman–Crippen LogP) is -0.557. The Hall–Kier alpha value is -0.950. The third-order valence-electron chi connectivity index (χ3n) is 2.27. The molecule has 90 valence electrons. The molecule has 1 aromatic carbocycles. The van der Waals surface area contributed by atoms with Crippen molar-refractivity contribution in [2.45, 2.75) is 17.0 Å². The van der Waals surface area contributed by atoms with Gasteiger partial charge in [0.25, 0.3) is 0 Å². The second-order valence-corrected chi connectivity index (χ2v) is 5.65. The van der Waals surface area contributed by atoms with Crippen molar-refractivity contribution in [2.24, 2.45) is 5.73 Å². The average Bonchev–Trinajstić information content (AvgIpc) is 2.26. The Balaban J connectivity index is 2.96. The molecule has 0 spiro atoms. The quantitative estimate of drug-likeness (QED) is 0.660. The Labute approximate surface area is 94.4 Å². The first-order valence-corrected chi connectivity index (χ1v) is 6.60. The number of nitrogens with two attached hydrogens (primary N) is 1. The molecule has 5 nitrogen and oxygen atoms in total. The van der Waals surface area contributed by atoms with E-state index in [-0.39, 0.29) is 11.5 Å². The van der Waals surface area contributed by atoms with Crippen LogP contribution in [0, 0.1) is 0 Å². The predicted molar refractivity (Wildman–Crippen MR) is 59.6 cm³/mol. The zero-order valence-electron chi connectivity index (χ0n) is 8.87. The molecule has 0 saturated carbocycles. The summed E-state index contributed by atoms with van der Waals surface area (Å²) in [6.07, 6.45) is 0.108. The van der Waals surface area contributed by atoms with Gasteiger partial charge in [-0.1, -0.05) is 12.1 Å². The van der Waals surface area contributed by atoms with Gasteiger partial charge in [-0.15, -0.1) is 0 Å². The van der Waals surface area contributed by atoms with Crippen LogP contribution in [-0.4, -0.2) is 37.5 Å². The van der Waals surface area contributed by atoms with Crippen LogP contribution in [0.15, 0.2) is 29.2 Å². The van der Waals surface area contributed by atoms with Gasteiger partial charge in [-0.2, -0.15) is 0 Å². The van der Waals surface area contributed by atoms with Gasteiger partial charge in [0, 0.05) is 6.26 Å². The van der Waals surface area contributed by atoms with Crippen molar-refractivity contribution in [3.05, 3.63) is 29.8 Å². The van der Waals surface area contributed by atoms with Crippen LogP contribution >= 0.6 is 0 Å². The minimum Gasteiger partial charge on any atom is -0.395 e. The van der Waals surface area contributed by atoms with Crippen molar-refractivity contribution in [1.29, 1.82) is 0 Å². The van der Waals surface area contributed by atoms with E-state index in [1.807, 2.05) is 0 Å². The molecule has 4 N–H and O–H groups in total. The summed E-state index contributed by atoms with van der Waals surface area (Å²) in [5.74, 6) is 0. The third kappa shape index (κ3) is 3.02. The largest absolute Gasteiger partial charge is 0.395 e. The second-order valence-electron chi connectivity index (χ2n) is 3.63. The second kappa shape index (κ2) is 4.92. The number of hydrogen-bond acceptors (Lipinski definition) is 5. The zero-order chi connectivity index (χ0) is 12.3. The Morgan fingerprint density at radius 2 is 1.81 bits per heavy atom. The fraction of sp³-hybridized carbons (Fsp3) is 0.400. The summed E-state index contributed by atoms with van der Waals surface area (Å²) in [6.45, 7) is -0.338. The summed E-state index contributed by atoms with van der Waals surface area (Å²) in [4.78, 5) is 0.181. The molecule has 2 unspecified atom stereocenters. The highest BCUT2D eigenvalue weighted by Gasteiger charge is 2.16. The molecule has 0 amide bonds. The minimum absolute atomic E-state index is 0.181. The lowest BCUT2D eigenvalue weighted by atomic mass is 10.0. The van der Waals surface area contributed by atoms with Crippen molar-refractivity contribution in [2.75, 3.05) is 12.9 Å². The van der Waals surface area contributed by atoms with Gasteiger partial charge in [0.05, 0.1) is 23.6 Å². The first kappa shape index (κ1) is 13.1. The maximum Gasteiger partial charge on any atom is 0.175 e. The molecule has 0 saturated heterocycles. The summed E-state index contributed by atoms with van der Waals surface area (Å²) in [6, 6.07) is 4.99. The topological polar surface area (TPSA) is 101 Å². The molecule has 1 rings (SSSR count). The van der Waals surface area contributed by atoms with Crippen molar-refractivity contribution in [3.63, 3.8) is 0 Å². The van der Waals surface area contributed by atoms with E-state index in [9.17, 15) is 13.5 Å². The van der Waals surface area contributed by atoms with Gasteiger partial charge in [-0.3, -0.25) is 0 Å². The highest BCUT2D eigenvalue weighted by atomic mass is 32.2. The van der Waals surface area contributed by atoms with Gasteiger partial charge in [0.2, 0.25) is 0 Å². The van der Waals surface area contributed by atoms with Gasteiger partial charge < -0.3 is 15.9 Å². The average molecular weight is 245 g/mol. The van der Waals surface area contributed by atoms with E-state index >= 15 is 0 Å². The van der Waals surface area contributed by atoms with E-state index in [4.69, 9.17) is 10.8 Å². The lowest BCUT2D eigenvalue weighted by Crippen LogP contribution is -2.31. The maximum absolute atomic E-state index is 11.2. The molecular formula is C10H15NO4S. The lowest BCUT2D eigenvalue weighted by molar-refractivity contribution is 0.109. The first-order chi connectivity index (χ1) is 7.36. The third-order valence-corrected chi connectivity index (χ3v) is 3.39. The standard InChI is InChI=1S/C10H15NO4S/c1-16(14,15)8-4-2-7(3-5-8)10(13)9(11)6-12/h2-5,9-10,12-13H,6,11H2,1H3. The summed E-state index contributed by atoms with van der Waals surface area (Å²) >= 11 is 0. The van der Waals surface area contributed by atoms with Crippen LogP contribution < -0.4 is 5.73 Å². The molecule has 16 heavy (non-hydrogen) atoms. The normalized spacial score (nSPS) is 15.8. The number of aliphatic hydroxyl groups is 2. The van der Waals surface area contributed by atoms with Gasteiger partial charge in [0.15, 0.2) is 9.84 Å². The maximum atomic E-state index is 11.2. The van der Waals surface area contributed by atoms with Gasteiger partial charge in [0.1, 0.15) is 0 Å². The number of rotatable bonds is 4. The van der Waals surface area contributed by atoms with E-state index in [0.29, 0.717) is 5.56 Å². The number of hydrogen-bond donors (Lipinski definition) is 3. The van der Waals surface area contributed by atoms with Crippen LogP contribution in [0.2, 0.25) is 0 Å². The number of sulfone groups is 1. The van der Waals surface area contributed by atoms with Crippen LogP contribution in [0.4, 0.5) is 0 Å². The van der Waals surface area contributed by atoms with E-state index in [1.165, 1.54) is 24.3 Å². The van der Waals surface area contributed by atoms with E-state index in [0.717, 1.165) is 6.26 Å². The van der Waals surface area contributed by atoms with Gasteiger partial charge in [-0.05, 0) is 17.7 Å². The molecule has 1 aromatic rings. The van der Waals surface area contributed by atoms with E-state index in [1.54, 1.807) is 0 Å². The minimum atomic E-state index is -3.23. The molecule has 0 fully saturated rings. The summed E-state index contributed by atoms with van der Waals surface area (Å²) in [7, 11) is -3.23. The highest BCUT2D eigenvalue weighted by Crippen LogP contribution is 2.18. The molecular weight excluding hydrogens is 230 g/mol. The summed E-state index contributed by atoms with van der Waals surface area (Å²) in [5.41, 5.74) is 5.93. The van der Waals surface area contributed by atoms with Crippen molar-refractivity contribution in [3.8, 4) is 0 Å². The SMILES string of the molecule is CS(=O)(=O)c1ccc(C(O)C(N)CO)cc1. The number of benzene rings is 1. The lowest BCUT2D eigenvalue weighted by Gasteiger charge is -2.16. The molecule has 6 heteroatoms. The molecule has 0 aliphatic carbocycles. The van der Waals surface area contributed by atoms with Crippen LogP contribution in [0.5, 0.6) is 0 Å². The monoisotopic (exact) mass is 245 g/mol.